The Hall–Kier alpha value is 0.350. The lowest BCUT2D eigenvalue weighted by Gasteiger charge is -2.18. The highest BCUT2D eigenvalue weighted by Gasteiger charge is 2.44. The number of fused-ring (bicyclic) bond motifs is 1. The molecular formula is C8H14S. The van der Waals surface area contributed by atoms with Crippen LogP contribution in [0.1, 0.15) is 25.7 Å². The minimum absolute atomic E-state index is 1.05. The summed E-state index contributed by atoms with van der Waals surface area (Å²) in [5.74, 6) is 2.31. The van der Waals surface area contributed by atoms with Crippen LogP contribution in [0, 0.1) is 11.8 Å². The van der Waals surface area contributed by atoms with Crippen LogP contribution in [-0.2, 0) is 0 Å². The van der Waals surface area contributed by atoms with Crippen molar-refractivity contribution in [3.05, 3.63) is 0 Å². The van der Waals surface area contributed by atoms with Crippen LogP contribution in [0.25, 0.3) is 0 Å². The number of thioether (sulfide) groups is 1. The van der Waals surface area contributed by atoms with Gasteiger partial charge in [-0.3, -0.25) is 0 Å². The fourth-order valence-electron chi connectivity index (χ4n) is 2.15. The summed E-state index contributed by atoms with van der Waals surface area (Å²) in [5, 5.41) is 1.05. The first kappa shape index (κ1) is 6.09. The lowest BCUT2D eigenvalue weighted by atomic mass is 10.0. The average molecular weight is 142 g/mol. The molecule has 0 N–H and O–H groups in total. The third-order valence-corrected chi connectivity index (χ3v) is 4.01. The molecule has 0 radical (unpaired) electrons. The Morgan fingerprint density at radius 1 is 1.33 bits per heavy atom. The van der Waals surface area contributed by atoms with Crippen LogP contribution in [0.5, 0.6) is 0 Å². The van der Waals surface area contributed by atoms with E-state index in [1.54, 1.807) is 12.8 Å². The standard InChI is InChI=1S/C8H14S/c1-9-8-4-2-3-6-5-7(6)8/h6-8H,2-5H2,1H3/t6-,7+,8+/m0/s1. The molecule has 3 atom stereocenters. The van der Waals surface area contributed by atoms with Crippen molar-refractivity contribution in [3.63, 3.8) is 0 Å². The van der Waals surface area contributed by atoms with E-state index < -0.39 is 0 Å². The summed E-state index contributed by atoms with van der Waals surface area (Å²) in [6.45, 7) is 0. The van der Waals surface area contributed by atoms with Gasteiger partial charge in [-0.1, -0.05) is 12.8 Å². The molecule has 0 aromatic carbocycles. The molecule has 0 aromatic rings. The lowest BCUT2D eigenvalue weighted by Crippen LogP contribution is -2.10. The van der Waals surface area contributed by atoms with Gasteiger partial charge in [0.2, 0.25) is 0 Å². The molecule has 0 bridgehead atoms. The largest absolute Gasteiger partial charge is 0.162 e. The van der Waals surface area contributed by atoms with Gasteiger partial charge in [0, 0.05) is 5.25 Å². The monoisotopic (exact) mass is 142 g/mol. The normalized spacial score (nSPS) is 48.3. The van der Waals surface area contributed by atoms with Gasteiger partial charge in [0.25, 0.3) is 0 Å². The maximum Gasteiger partial charge on any atom is 0.00752 e. The average Bonchev–Trinajstić information content (AvgIpc) is 2.64. The maximum absolute atomic E-state index is 2.27. The zero-order valence-electron chi connectivity index (χ0n) is 5.97. The summed E-state index contributed by atoms with van der Waals surface area (Å²) >= 11 is 2.10. The van der Waals surface area contributed by atoms with Crippen molar-refractivity contribution in [2.75, 3.05) is 6.26 Å². The molecule has 0 saturated heterocycles. The van der Waals surface area contributed by atoms with Gasteiger partial charge in [0.15, 0.2) is 0 Å². The Bertz CT molecular complexity index is 111. The zero-order valence-corrected chi connectivity index (χ0v) is 6.79. The molecule has 0 nitrogen and oxygen atoms in total. The summed E-state index contributed by atoms with van der Waals surface area (Å²) in [6, 6.07) is 0. The Kier molecular flexibility index (Phi) is 1.48. The van der Waals surface area contributed by atoms with Crippen LogP contribution < -0.4 is 0 Å². The number of hydrogen-bond acceptors (Lipinski definition) is 1. The minimum atomic E-state index is 1.05. The van der Waals surface area contributed by atoms with Crippen LogP contribution in [0.3, 0.4) is 0 Å². The maximum atomic E-state index is 2.27. The van der Waals surface area contributed by atoms with Crippen LogP contribution in [0.15, 0.2) is 0 Å². The molecule has 0 heterocycles. The fourth-order valence-corrected chi connectivity index (χ4v) is 3.23. The van der Waals surface area contributed by atoms with Gasteiger partial charge < -0.3 is 0 Å². The molecule has 9 heavy (non-hydrogen) atoms. The summed E-state index contributed by atoms with van der Waals surface area (Å²) < 4.78 is 0. The summed E-state index contributed by atoms with van der Waals surface area (Å²) in [5.41, 5.74) is 0. The Balaban J connectivity index is 1.93. The van der Waals surface area contributed by atoms with Crippen LogP contribution in [0.4, 0.5) is 0 Å². The summed E-state index contributed by atoms with van der Waals surface area (Å²) in [7, 11) is 0. The zero-order chi connectivity index (χ0) is 6.27. The van der Waals surface area contributed by atoms with Gasteiger partial charge in [-0.25, -0.2) is 0 Å². The predicted octanol–water partition coefficient (Wildman–Crippen LogP) is 2.54. The highest BCUT2D eigenvalue weighted by Crippen LogP contribution is 2.52. The molecule has 52 valence electrons. The Morgan fingerprint density at radius 3 is 2.89 bits per heavy atom. The van der Waals surface area contributed by atoms with E-state index in [9.17, 15) is 0 Å². The molecule has 1 heteroatoms. The summed E-state index contributed by atoms with van der Waals surface area (Å²) in [4.78, 5) is 0. The first-order valence-electron chi connectivity index (χ1n) is 3.94. The van der Waals surface area contributed by atoms with E-state index in [-0.39, 0.29) is 0 Å². The van der Waals surface area contributed by atoms with E-state index in [4.69, 9.17) is 0 Å². The molecule has 2 aliphatic carbocycles. The second-order valence-electron chi connectivity index (χ2n) is 3.36. The highest BCUT2D eigenvalue weighted by atomic mass is 32.2. The van der Waals surface area contributed by atoms with Gasteiger partial charge in [-0.2, -0.15) is 11.8 Å². The van der Waals surface area contributed by atoms with Crippen LogP contribution in [-0.4, -0.2) is 11.5 Å². The Labute approximate surface area is 61.4 Å². The predicted molar refractivity (Wildman–Crippen MR) is 42.8 cm³/mol. The van der Waals surface area contributed by atoms with Crippen molar-refractivity contribution in [1.82, 2.24) is 0 Å². The molecule has 2 saturated carbocycles. The lowest BCUT2D eigenvalue weighted by molar-refractivity contribution is 0.492. The SMILES string of the molecule is CS[C@@H]1CCC[C@H]2C[C@H]21. The first-order chi connectivity index (χ1) is 4.42. The van der Waals surface area contributed by atoms with Crippen molar-refractivity contribution in [2.24, 2.45) is 11.8 Å². The molecule has 0 unspecified atom stereocenters. The van der Waals surface area contributed by atoms with E-state index in [1.807, 2.05) is 0 Å². The topological polar surface area (TPSA) is 0 Å². The van der Waals surface area contributed by atoms with Gasteiger partial charge in [0.1, 0.15) is 0 Å². The van der Waals surface area contributed by atoms with E-state index in [1.165, 1.54) is 12.8 Å². The first-order valence-corrected chi connectivity index (χ1v) is 5.23. The smallest absolute Gasteiger partial charge is 0.00752 e. The number of rotatable bonds is 1. The summed E-state index contributed by atoms with van der Waals surface area (Å²) in [6.07, 6.45) is 8.38. The molecule has 2 aliphatic rings. The van der Waals surface area contributed by atoms with Crippen molar-refractivity contribution >= 4 is 11.8 Å². The fraction of sp³-hybridized carbons (Fsp3) is 1.00. The molecular weight excluding hydrogens is 128 g/mol. The Morgan fingerprint density at radius 2 is 2.22 bits per heavy atom. The third kappa shape index (κ3) is 1.000. The second-order valence-corrected chi connectivity index (χ2v) is 4.44. The van der Waals surface area contributed by atoms with Gasteiger partial charge in [-0.05, 0) is 30.9 Å². The molecule has 0 spiro atoms. The molecule has 0 aliphatic heterocycles. The van der Waals surface area contributed by atoms with Crippen molar-refractivity contribution in [2.45, 2.75) is 30.9 Å². The molecule has 2 rings (SSSR count). The van der Waals surface area contributed by atoms with Crippen molar-refractivity contribution in [3.8, 4) is 0 Å². The van der Waals surface area contributed by atoms with Gasteiger partial charge in [0.05, 0.1) is 0 Å². The van der Waals surface area contributed by atoms with Crippen molar-refractivity contribution in [1.29, 1.82) is 0 Å². The van der Waals surface area contributed by atoms with E-state index in [2.05, 4.69) is 18.0 Å². The number of hydrogen-bond donors (Lipinski definition) is 0. The van der Waals surface area contributed by atoms with E-state index >= 15 is 0 Å². The second kappa shape index (κ2) is 2.19. The van der Waals surface area contributed by atoms with Crippen LogP contribution in [0.2, 0.25) is 0 Å². The minimum Gasteiger partial charge on any atom is -0.162 e. The van der Waals surface area contributed by atoms with Gasteiger partial charge in [-0.15, -0.1) is 0 Å². The molecule has 0 amide bonds. The van der Waals surface area contributed by atoms with E-state index in [0.717, 1.165) is 17.1 Å². The van der Waals surface area contributed by atoms with E-state index in [0.29, 0.717) is 0 Å². The van der Waals surface area contributed by atoms with Crippen LogP contribution >= 0.6 is 11.8 Å². The highest BCUT2D eigenvalue weighted by molar-refractivity contribution is 7.99. The quantitative estimate of drug-likeness (QED) is 0.542. The van der Waals surface area contributed by atoms with Crippen molar-refractivity contribution < 1.29 is 0 Å². The third-order valence-electron chi connectivity index (χ3n) is 2.82. The molecule has 0 aromatic heterocycles. The molecule has 2 fully saturated rings. The van der Waals surface area contributed by atoms with Gasteiger partial charge >= 0.3 is 0 Å².